The summed E-state index contributed by atoms with van der Waals surface area (Å²) in [7, 11) is -0.225. The Morgan fingerprint density at radius 1 is 1.00 bits per heavy atom. The molecule has 1 aromatic carbocycles. The first kappa shape index (κ1) is 23.2. The molecule has 0 aromatic heterocycles. The Labute approximate surface area is 165 Å². The molecule has 146 valence electrons. The first-order valence-corrected chi connectivity index (χ1v) is 11.9. The van der Waals surface area contributed by atoms with Crippen LogP contribution in [0.5, 0.6) is 0 Å². The third-order valence-electron chi connectivity index (χ3n) is 5.21. The van der Waals surface area contributed by atoms with Crippen LogP contribution < -0.4 is 5.73 Å². The predicted octanol–water partition coefficient (Wildman–Crippen LogP) is 5.55. The highest BCUT2D eigenvalue weighted by Crippen LogP contribution is 2.40. The minimum Gasteiger partial charge on any atom is -0.359 e. The second kappa shape index (κ2) is 10.5. The van der Waals surface area contributed by atoms with Crippen LogP contribution in [0.15, 0.2) is 24.3 Å². The molecule has 0 heterocycles. The normalized spacial score (nSPS) is 14.5. The summed E-state index contributed by atoms with van der Waals surface area (Å²) >= 11 is 6.01. The molecule has 2 N–H and O–H groups in total. The van der Waals surface area contributed by atoms with Crippen LogP contribution in [0.3, 0.4) is 0 Å². The minimum absolute atomic E-state index is 0.170. The highest BCUT2D eigenvalue weighted by molar-refractivity contribution is 6.90. The van der Waals surface area contributed by atoms with Crippen LogP contribution in [-0.4, -0.2) is 28.0 Å². The summed E-state index contributed by atoms with van der Waals surface area (Å²) in [5, 5.41) is 0.685. The molecule has 26 heavy (non-hydrogen) atoms. The van der Waals surface area contributed by atoms with Crippen molar-refractivity contribution in [1.82, 2.24) is 0 Å². The van der Waals surface area contributed by atoms with Crippen molar-refractivity contribution in [2.45, 2.75) is 70.3 Å². The molecular weight excluding hydrogens is 362 g/mol. The maximum Gasteiger partial charge on any atom is 0.147 e. The zero-order valence-corrected chi connectivity index (χ0v) is 18.9. The van der Waals surface area contributed by atoms with Gasteiger partial charge in [0, 0.05) is 12.1 Å². The lowest BCUT2D eigenvalue weighted by Crippen LogP contribution is -2.44. The van der Waals surface area contributed by atoms with Crippen molar-refractivity contribution >= 4 is 19.7 Å². The zero-order valence-electron chi connectivity index (χ0n) is 17.2. The van der Waals surface area contributed by atoms with Crippen molar-refractivity contribution in [3.05, 3.63) is 34.9 Å². The molecule has 0 unspecified atom stereocenters. The number of methoxy groups -OCH3 is 1. The lowest BCUT2D eigenvalue weighted by molar-refractivity contribution is -0.0760. The molecule has 0 radical (unpaired) electrons. The van der Waals surface area contributed by atoms with E-state index in [0.717, 1.165) is 5.56 Å². The molecule has 0 aliphatic carbocycles. The van der Waals surface area contributed by atoms with E-state index in [1.54, 1.807) is 7.11 Å². The summed E-state index contributed by atoms with van der Waals surface area (Å²) in [6.07, 6.45) is -0.349. The van der Waals surface area contributed by atoms with Gasteiger partial charge in [0.15, 0.2) is 0 Å². The monoisotopic (exact) mass is 395 g/mol. The number of halogens is 1. The molecule has 3 nitrogen and oxygen atoms in total. The second-order valence-electron chi connectivity index (χ2n) is 7.74. The number of hydrogen-bond donors (Lipinski definition) is 1. The summed E-state index contributed by atoms with van der Waals surface area (Å²) in [6, 6.07) is 7.13. The van der Waals surface area contributed by atoms with E-state index >= 15 is 0 Å². The highest BCUT2D eigenvalue weighted by Gasteiger charge is 2.41. The van der Waals surface area contributed by atoms with Gasteiger partial charge in [-0.25, -0.2) is 0 Å². The zero-order chi connectivity index (χ0) is 19.9. The maximum absolute atomic E-state index is 6.47. The number of hydrogen-bond acceptors (Lipinski definition) is 3. The third-order valence-corrected chi connectivity index (χ3v) is 11.8. The first-order valence-electron chi connectivity index (χ1n) is 9.31. The molecule has 2 atom stereocenters. The Bertz CT molecular complexity index is 583. The van der Waals surface area contributed by atoms with Gasteiger partial charge < -0.3 is 15.2 Å². The summed E-state index contributed by atoms with van der Waals surface area (Å²) in [6.45, 7) is 13.9. The number of rotatable bonds is 8. The Morgan fingerprint density at radius 3 is 1.92 bits per heavy atom. The topological polar surface area (TPSA) is 44.5 Å². The third kappa shape index (κ3) is 5.58. The molecule has 5 heteroatoms. The van der Waals surface area contributed by atoms with Crippen LogP contribution in [0.1, 0.15) is 53.2 Å². The van der Waals surface area contributed by atoms with Gasteiger partial charge in [-0.2, -0.15) is 0 Å². The standard InChI is InChI=1S/C21H34ClNO2Si/c1-15(2)26(16(3)4,17(5)6)13-12-20(23)21(25-14-24-7)18-8-10-19(22)11-9-18/h8-11,15-17,20-21H,14,23H2,1-7H3/t20-,21+/m1/s1. The van der Waals surface area contributed by atoms with E-state index < -0.39 is 14.1 Å². The minimum atomic E-state index is -1.83. The lowest BCUT2D eigenvalue weighted by Gasteiger charge is -2.38. The molecular formula is C21H34ClNO2Si. The average Bonchev–Trinajstić information content (AvgIpc) is 2.56. The molecule has 1 aromatic rings. The Kier molecular flexibility index (Phi) is 9.36. The maximum atomic E-state index is 6.47. The Morgan fingerprint density at radius 2 is 1.50 bits per heavy atom. The summed E-state index contributed by atoms with van der Waals surface area (Å²) < 4.78 is 10.9. The smallest absolute Gasteiger partial charge is 0.147 e. The van der Waals surface area contributed by atoms with Crippen molar-refractivity contribution in [3.63, 3.8) is 0 Å². The van der Waals surface area contributed by atoms with Gasteiger partial charge in [0.1, 0.15) is 21.0 Å². The van der Waals surface area contributed by atoms with Crippen LogP contribution in [0.25, 0.3) is 0 Å². The van der Waals surface area contributed by atoms with E-state index in [1.807, 2.05) is 24.3 Å². The lowest BCUT2D eigenvalue weighted by atomic mass is 10.0. The molecule has 1 rings (SSSR count). The average molecular weight is 396 g/mol. The van der Waals surface area contributed by atoms with Gasteiger partial charge in [-0.3, -0.25) is 0 Å². The SMILES string of the molecule is COCO[C@@H](c1ccc(Cl)cc1)[C@H](N)C#C[Si](C(C)C)(C(C)C)C(C)C. The fourth-order valence-electron chi connectivity index (χ4n) is 3.92. The molecule has 0 aliphatic heterocycles. The molecule has 0 spiro atoms. The van der Waals surface area contributed by atoms with Gasteiger partial charge in [-0.05, 0) is 34.3 Å². The van der Waals surface area contributed by atoms with Gasteiger partial charge in [0.2, 0.25) is 0 Å². The summed E-state index contributed by atoms with van der Waals surface area (Å²) in [5.74, 6) is 3.37. The van der Waals surface area contributed by atoms with Crippen LogP contribution in [-0.2, 0) is 9.47 Å². The van der Waals surface area contributed by atoms with Gasteiger partial charge in [-0.1, -0.05) is 71.2 Å². The van der Waals surface area contributed by atoms with Gasteiger partial charge in [0.25, 0.3) is 0 Å². The summed E-state index contributed by atoms with van der Waals surface area (Å²) in [5.41, 5.74) is 12.8. The molecule has 0 bridgehead atoms. The molecule has 0 fully saturated rings. The van der Waals surface area contributed by atoms with E-state index in [2.05, 4.69) is 53.0 Å². The molecule has 0 saturated carbocycles. The predicted molar refractivity (Wildman–Crippen MR) is 114 cm³/mol. The van der Waals surface area contributed by atoms with Crippen LogP contribution in [0.2, 0.25) is 21.6 Å². The number of nitrogens with two attached hydrogens (primary N) is 1. The molecule has 0 saturated heterocycles. The van der Waals surface area contributed by atoms with E-state index in [0.29, 0.717) is 21.6 Å². The van der Waals surface area contributed by atoms with Crippen molar-refractivity contribution in [3.8, 4) is 11.5 Å². The van der Waals surface area contributed by atoms with Crippen molar-refractivity contribution < 1.29 is 9.47 Å². The van der Waals surface area contributed by atoms with E-state index in [4.69, 9.17) is 26.8 Å². The molecule has 0 amide bonds. The van der Waals surface area contributed by atoms with E-state index in [9.17, 15) is 0 Å². The van der Waals surface area contributed by atoms with Gasteiger partial charge in [-0.15, -0.1) is 5.54 Å². The first-order chi connectivity index (χ1) is 12.2. The van der Waals surface area contributed by atoms with Crippen LogP contribution in [0.4, 0.5) is 0 Å². The Balaban J connectivity index is 3.21. The van der Waals surface area contributed by atoms with Crippen LogP contribution >= 0.6 is 11.6 Å². The number of benzene rings is 1. The molecule has 0 aliphatic rings. The van der Waals surface area contributed by atoms with Crippen molar-refractivity contribution in [2.24, 2.45) is 5.73 Å². The van der Waals surface area contributed by atoms with E-state index in [1.165, 1.54) is 0 Å². The number of ether oxygens (including phenoxy) is 2. The van der Waals surface area contributed by atoms with Gasteiger partial charge >= 0.3 is 0 Å². The largest absolute Gasteiger partial charge is 0.359 e. The van der Waals surface area contributed by atoms with E-state index in [-0.39, 0.29) is 12.9 Å². The van der Waals surface area contributed by atoms with Gasteiger partial charge in [0.05, 0.1) is 6.04 Å². The fraction of sp³-hybridized carbons (Fsp3) is 0.619. The van der Waals surface area contributed by atoms with Crippen molar-refractivity contribution in [2.75, 3.05) is 13.9 Å². The fourth-order valence-corrected chi connectivity index (χ4v) is 9.33. The van der Waals surface area contributed by atoms with Crippen molar-refractivity contribution in [1.29, 1.82) is 0 Å². The quantitative estimate of drug-likeness (QED) is 0.356. The Hall–Kier alpha value is -0.833. The highest BCUT2D eigenvalue weighted by atomic mass is 35.5. The van der Waals surface area contributed by atoms with Crippen LogP contribution in [0, 0.1) is 11.5 Å². The second-order valence-corrected chi connectivity index (χ2v) is 13.8. The summed E-state index contributed by atoms with van der Waals surface area (Å²) in [4.78, 5) is 0.